The van der Waals surface area contributed by atoms with Gasteiger partial charge in [-0.2, -0.15) is 9.57 Å². The number of aliphatic carboxylic acids is 1. The van der Waals surface area contributed by atoms with Crippen molar-refractivity contribution in [2.75, 3.05) is 13.1 Å². The van der Waals surface area contributed by atoms with Gasteiger partial charge < -0.3 is 9.84 Å². The molecule has 1 aliphatic rings. The van der Waals surface area contributed by atoms with Crippen LogP contribution in [0.15, 0.2) is 83.8 Å². The molecular weight excluding hydrogens is 524 g/mol. The molecule has 4 aromatic carbocycles. The van der Waals surface area contributed by atoms with Crippen molar-refractivity contribution in [3.63, 3.8) is 0 Å². The van der Waals surface area contributed by atoms with Crippen molar-refractivity contribution < 1.29 is 23.1 Å². The Bertz CT molecular complexity index is 1750. The van der Waals surface area contributed by atoms with Crippen molar-refractivity contribution in [3.8, 4) is 22.9 Å². The zero-order valence-electron chi connectivity index (χ0n) is 22.4. The number of sulfonamides is 1. The summed E-state index contributed by atoms with van der Waals surface area (Å²) < 4.78 is 34.2. The Morgan fingerprint density at radius 3 is 2.60 bits per heavy atom. The van der Waals surface area contributed by atoms with Crippen LogP contribution in [0.25, 0.3) is 21.9 Å². The maximum Gasteiger partial charge on any atom is 0.318 e. The second-order valence-corrected chi connectivity index (χ2v) is 12.6. The summed E-state index contributed by atoms with van der Waals surface area (Å²) in [5.74, 6) is -0.594. The second-order valence-electron chi connectivity index (χ2n) is 10.7. The van der Waals surface area contributed by atoms with Gasteiger partial charge in [0, 0.05) is 6.54 Å². The monoisotopic (exact) mass is 554 g/mol. The average Bonchev–Trinajstić information content (AvgIpc) is 2.93. The van der Waals surface area contributed by atoms with Crippen molar-refractivity contribution >= 4 is 26.8 Å². The van der Waals surface area contributed by atoms with Crippen LogP contribution in [0.2, 0.25) is 0 Å². The average molecular weight is 555 g/mol. The van der Waals surface area contributed by atoms with Crippen LogP contribution in [0, 0.1) is 11.3 Å². The number of fused-ring (bicyclic) bond motifs is 2. The minimum atomic E-state index is -4.10. The van der Waals surface area contributed by atoms with E-state index in [2.05, 4.69) is 6.07 Å². The van der Waals surface area contributed by atoms with E-state index in [1.54, 1.807) is 18.2 Å². The Morgan fingerprint density at radius 1 is 1.05 bits per heavy atom. The maximum absolute atomic E-state index is 13.6. The summed E-state index contributed by atoms with van der Waals surface area (Å²) >= 11 is 0. The molecule has 8 heteroatoms. The first kappa shape index (κ1) is 27.4. The number of hydrogen-bond acceptors (Lipinski definition) is 5. The molecule has 0 saturated carbocycles. The Balaban J connectivity index is 1.45. The van der Waals surface area contributed by atoms with Crippen LogP contribution in [-0.2, 0) is 27.7 Å². The molecule has 0 amide bonds. The smallest absolute Gasteiger partial charge is 0.318 e. The van der Waals surface area contributed by atoms with Gasteiger partial charge in [0.2, 0.25) is 10.0 Å². The van der Waals surface area contributed by atoms with E-state index in [0.717, 1.165) is 43.8 Å². The molecule has 0 spiro atoms. The minimum Gasteiger partial charge on any atom is -0.488 e. The number of carboxylic acids is 1. The summed E-state index contributed by atoms with van der Waals surface area (Å²) in [4.78, 5) is 11.7. The van der Waals surface area contributed by atoms with Gasteiger partial charge in [-0.1, -0.05) is 48.5 Å². The summed E-state index contributed by atoms with van der Waals surface area (Å²) in [6, 6.07) is 26.3. The normalized spacial score (nSPS) is 14.3. The lowest BCUT2D eigenvalue weighted by atomic mass is 9.94. The van der Waals surface area contributed by atoms with Crippen LogP contribution in [0.5, 0.6) is 5.75 Å². The molecule has 40 heavy (non-hydrogen) atoms. The second kappa shape index (κ2) is 10.8. The predicted molar refractivity (Wildman–Crippen MR) is 154 cm³/mol. The molecule has 0 fully saturated rings. The molecule has 1 aliphatic heterocycles. The Kier molecular flexibility index (Phi) is 7.37. The molecule has 5 rings (SSSR count). The zero-order valence-corrected chi connectivity index (χ0v) is 23.2. The molecule has 0 aliphatic carbocycles. The van der Waals surface area contributed by atoms with Crippen LogP contribution in [0.1, 0.15) is 37.0 Å². The van der Waals surface area contributed by atoms with Crippen molar-refractivity contribution in [2.24, 2.45) is 0 Å². The van der Waals surface area contributed by atoms with Crippen LogP contribution in [-0.4, -0.2) is 42.5 Å². The molecule has 4 aromatic rings. The maximum atomic E-state index is 13.6. The topological polar surface area (TPSA) is 108 Å². The molecule has 0 aromatic heterocycles. The summed E-state index contributed by atoms with van der Waals surface area (Å²) in [5, 5.41) is 21.4. The number of carboxylic acid groups (broad SMARTS) is 1. The van der Waals surface area contributed by atoms with Gasteiger partial charge in [0.05, 0.1) is 16.5 Å². The predicted octanol–water partition coefficient (Wildman–Crippen LogP) is 5.80. The van der Waals surface area contributed by atoms with Crippen molar-refractivity contribution in [2.45, 2.75) is 43.6 Å². The van der Waals surface area contributed by atoms with E-state index in [1.165, 1.54) is 6.07 Å². The number of ether oxygens (including phenoxy) is 1. The van der Waals surface area contributed by atoms with E-state index in [1.807, 2.05) is 68.4 Å². The van der Waals surface area contributed by atoms with Gasteiger partial charge in [0.1, 0.15) is 17.9 Å². The van der Waals surface area contributed by atoms with Crippen LogP contribution >= 0.6 is 0 Å². The highest BCUT2D eigenvalue weighted by molar-refractivity contribution is 7.89. The van der Waals surface area contributed by atoms with Crippen LogP contribution < -0.4 is 4.74 Å². The van der Waals surface area contributed by atoms with Crippen molar-refractivity contribution in [1.82, 2.24) is 4.31 Å². The van der Waals surface area contributed by atoms with Crippen molar-refractivity contribution in [1.29, 1.82) is 5.26 Å². The fourth-order valence-electron chi connectivity index (χ4n) is 5.17. The largest absolute Gasteiger partial charge is 0.488 e. The van der Waals surface area contributed by atoms with Gasteiger partial charge in [-0.25, -0.2) is 8.42 Å². The molecule has 1 N–H and O–H groups in total. The molecule has 7 nitrogen and oxygen atoms in total. The summed E-state index contributed by atoms with van der Waals surface area (Å²) in [5.41, 5.74) is 3.46. The number of benzene rings is 4. The van der Waals surface area contributed by atoms with Gasteiger partial charge in [-0.15, -0.1) is 0 Å². The van der Waals surface area contributed by atoms with Gasteiger partial charge in [-0.3, -0.25) is 4.79 Å². The van der Waals surface area contributed by atoms with Gasteiger partial charge in [0.15, 0.2) is 0 Å². The standard InChI is InChI=1S/C32H30N2O5S/c1-32(2)14-12-25-19-27(10-11-30(25)39-32)40(37,38)34(21-31(35)36)15-13-22-16-23(20-33)18-26(17-22)29-9-5-7-24-6-3-4-8-28(24)29/h3-11,16-19H,12-15,21H2,1-2H3,(H,35,36). The van der Waals surface area contributed by atoms with E-state index in [0.29, 0.717) is 17.7 Å². The highest BCUT2D eigenvalue weighted by Gasteiger charge is 2.31. The SMILES string of the molecule is CC1(C)CCc2cc(S(=O)(=O)N(CCc3cc(C#N)cc(-c4cccc5ccccc45)c3)CC(=O)O)ccc2O1. The third-order valence-corrected chi connectivity index (χ3v) is 9.08. The van der Waals surface area contributed by atoms with Gasteiger partial charge in [-0.05, 0) is 96.5 Å². The number of nitriles is 1. The van der Waals surface area contributed by atoms with E-state index in [-0.39, 0.29) is 23.5 Å². The Hall–Kier alpha value is -4.19. The summed E-state index contributed by atoms with van der Waals surface area (Å²) in [6.07, 6.45) is 1.65. The molecule has 0 saturated heterocycles. The first-order valence-corrected chi connectivity index (χ1v) is 14.6. The lowest BCUT2D eigenvalue weighted by Gasteiger charge is -2.33. The lowest BCUT2D eigenvalue weighted by molar-refractivity contribution is -0.137. The molecule has 0 atom stereocenters. The summed E-state index contributed by atoms with van der Waals surface area (Å²) in [6.45, 7) is 3.25. The number of aryl methyl sites for hydroxylation is 1. The van der Waals surface area contributed by atoms with E-state index in [9.17, 15) is 23.6 Å². The fourth-order valence-corrected chi connectivity index (χ4v) is 6.61. The third kappa shape index (κ3) is 5.71. The molecule has 0 bridgehead atoms. The molecule has 204 valence electrons. The number of nitrogens with zero attached hydrogens (tertiary/aromatic N) is 2. The van der Waals surface area contributed by atoms with Crippen molar-refractivity contribution in [3.05, 3.63) is 95.6 Å². The van der Waals surface area contributed by atoms with Crippen LogP contribution in [0.4, 0.5) is 0 Å². The quantitative estimate of drug-likeness (QED) is 0.295. The zero-order chi connectivity index (χ0) is 28.5. The molecular formula is C32H30N2O5S. The minimum absolute atomic E-state index is 0.0398. The highest BCUT2D eigenvalue weighted by atomic mass is 32.2. The number of hydrogen-bond donors (Lipinski definition) is 1. The van der Waals surface area contributed by atoms with Gasteiger partial charge in [0.25, 0.3) is 0 Å². The number of carbonyl (C=O) groups is 1. The molecule has 0 unspecified atom stereocenters. The Morgan fingerprint density at radius 2 is 1.82 bits per heavy atom. The number of rotatable bonds is 8. The highest BCUT2D eigenvalue weighted by Crippen LogP contribution is 2.35. The lowest BCUT2D eigenvalue weighted by Crippen LogP contribution is -2.37. The third-order valence-electron chi connectivity index (χ3n) is 7.24. The van der Waals surface area contributed by atoms with E-state index in [4.69, 9.17) is 4.74 Å². The van der Waals surface area contributed by atoms with E-state index < -0.39 is 22.5 Å². The molecule has 1 heterocycles. The van der Waals surface area contributed by atoms with Gasteiger partial charge >= 0.3 is 5.97 Å². The Labute approximate surface area is 234 Å². The first-order valence-electron chi connectivity index (χ1n) is 13.1. The first-order chi connectivity index (χ1) is 19.1. The van der Waals surface area contributed by atoms with Crippen LogP contribution in [0.3, 0.4) is 0 Å². The van der Waals surface area contributed by atoms with E-state index >= 15 is 0 Å². The molecule has 0 radical (unpaired) electrons. The summed E-state index contributed by atoms with van der Waals surface area (Å²) in [7, 11) is -4.10. The fraction of sp³-hybridized carbons (Fsp3) is 0.250.